The number of carbonyl (C=O) groups is 1. The maximum absolute atomic E-state index is 11.5. The van der Waals surface area contributed by atoms with E-state index in [0.29, 0.717) is 30.3 Å². The quantitative estimate of drug-likeness (QED) is 0.756. The summed E-state index contributed by atoms with van der Waals surface area (Å²) in [5.41, 5.74) is 8.34. The summed E-state index contributed by atoms with van der Waals surface area (Å²) >= 11 is 6.09. The highest BCUT2D eigenvalue weighted by atomic mass is 35.5. The first-order valence-corrected chi connectivity index (χ1v) is 9.30. The standard InChI is InChI=1S/C20H21ClN4O2/c21-15-3-1-2-13(10-15)12-23-19-20(6-8-27-9-7-20)25-16-5-4-14(18(22)26)11-17(16)24-19/h1-5,10-11,25H,6-9,12H2,(H2,22,26)(H,23,24). The van der Waals surface area contributed by atoms with Gasteiger partial charge in [0, 0.05) is 36.6 Å². The van der Waals surface area contributed by atoms with Gasteiger partial charge in [-0.2, -0.15) is 0 Å². The third-order valence-electron chi connectivity index (χ3n) is 5.04. The van der Waals surface area contributed by atoms with Crippen molar-refractivity contribution in [1.29, 1.82) is 0 Å². The van der Waals surface area contributed by atoms with Gasteiger partial charge in [0.15, 0.2) is 0 Å². The topological polar surface area (TPSA) is 88.7 Å². The summed E-state index contributed by atoms with van der Waals surface area (Å²) in [4.78, 5) is 16.4. The molecule has 4 rings (SSSR count). The number of amidine groups is 1. The van der Waals surface area contributed by atoms with E-state index in [1.54, 1.807) is 12.1 Å². The van der Waals surface area contributed by atoms with Crippen LogP contribution in [0.3, 0.4) is 0 Å². The largest absolute Gasteiger partial charge is 0.381 e. The Labute approximate surface area is 162 Å². The fourth-order valence-corrected chi connectivity index (χ4v) is 3.77. The second-order valence-corrected chi connectivity index (χ2v) is 7.30. The molecule has 2 aromatic carbocycles. The van der Waals surface area contributed by atoms with E-state index in [9.17, 15) is 4.79 Å². The van der Waals surface area contributed by atoms with Crippen LogP contribution in [0.4, 0.5) is 11.4 Å². The summed E-state index contributed by atoms with van der Waals surface area (Å²) in [6.45, 7) is 1.84. The number of fused-ring (bicyclic) bond motifs is 1. The molecule has 2 heterocycles. The van der Waals surface area contributed by atoms with Crippen LogP contribution in [0, 0.1) is 0 Å². The molecule has 0 unspecified atom stereocenters. The molecule has 0 saturated carbocycles. The van der Waals surface area contributed by atoms with Gasteiger partial charge < -0.3 is 21.1 Å². The van der Waals surface area contributed by atoms with Gasteiger partial charge >= 0.3 is 0 Å². The molecule has 1 spiro atoms. The monoisotopic (exact) mass is 384 g/mol. The van der Waals surface area contributed by atoms with Crippen LogP contribution in [0.15, 0.2) is 47.5 Å². The number of rotatable bonds is 3. The number of nitrogens with two attached hydrogens (primary N) is 1. The number of ether oxygens (including phenoxy) is 1. The molecule has 2 aliphatic heterocycles. The van der Waals surface area contributed by atoms with E-state index >= 15 is 0 Å². The normalized spacial score (nSPS) is 19.2. The smallest absolute Gasteiger partial charge is 0.248 e. The van der Waals surface area contributed by atoms with Crippen LogP contribution in [0.5, 0.6) is 0 Å². The molecular formula is C20H21ClN4O2. The summed E-state index contributed by atoms with van der Waals surface area (Å²) in [5.74, 6) is 0.392. The molecule has 2 aromatic rings. The predicted octanol–water partition coefficient (Wildman–Crippen LogP) is 3.42. The van der Waals surface area contributed by atoms with Gasteiger partial charge in [-0.25, -0.2) is 0 Å². The first-order valence-electron chi connectivity index (χ1n) is 8.92. The maximum Gasteiger partial charge on any atom is 0.248 e. The number of hydrogen-bond acceptors (Lipinski definition) is 4. The molecular weight excluding hydrogens is 364 g/mol. The number of anilines is 2. The Morgan fingerprint density at radius 2 is 2.00 bits per heavy atom. The fourth-order valence-electron chi connectivity index (χ4n) is 3.55. The van der Waals surface area contributed by atoms with E-state index in [1.807, 2.05) is 30.3 Å². The summed E-state index contributed by atoms with van der Waals surface area (Å²) < 4.78 is 5.56. The number of nitrogens with zero attached hydrogens (tertiary/aromatic N) is 1. The van der Waals surface area contributed by atoms with Gasteiger partial charge in [-0.1, -0.05) is 23.7 Å². The fraction of sp³-hybridized carbons (Fsp3) is 0.300. The van der Waals surface area contributed by atoms with Gasteiger partial charge in [0.2, 0.25) is 5.91 Å². The lowest BCUT2D eigenvalue weighted by atomic mass is 9.85. The second-order valence-electron chi connectivity index (χ2n) is 6.86. The summed E-state index contributed by atoms with van der Waals surface area (Å²) in [6.07, 6.45) is 1.62. The van der Waals surface area contributed by atoms with Crippen molar-refractivity contribution in [3.05, 3.63) is 58.6 Å². The molecule has 1 fully saturated rings. The molecule has 1 saturated heterocycles. The Hall–Kier alpha value is -2.57. The minimum atomic E-state index is -0.455. The first kappa shape index (κ1) is 17.8. The average Bonchev–Trinajstić information content (AvgIpc) is 2.66. The lowest BCUT2D eigenvalue weighted by molar-refractivity contribution is 0.0778. The molecule has 0 atom stereocenters. The van der Waals surface area contributed by atoms with Crippen LogP contribution < -0.4 is 16.4 Å². The van der Waals surface area contributed by atoms with Gasteiger partial charge in [0.05, 0.1) is 23.5 Å². The molecule has 0 aromatic heterocycles. The third kappa shape index (κ3) is 3.63. The summed E-state index contributed by atoms with van der Waals surface area (Å²) in [6, 6.07) is 13.1. The number of aliphatic imine (C=N–C) groups is 1. The average molecular weight is 385 g/mol. The van der Waals surface area contributed by atoms with Crippen molar-refractivity contribution < 1.29 is 9.53 Å². The van der Waals surface area contributed by atoms with Crippen LogP contribution in [0.1, 0.15) is 28.8 Å². The van der Waals surface area contributed by atoms with Gasteiger partial charge in [-0.05, 0) is 35.9 Å². The molecule has 4 N–H and O–H groups in total. The van der Waals surface area contributed by atoms with E-state index in [2.05, 4.69) is 10.6 Å². The molecule has 0 aliphatic carbocycles. The van der Waals surface area contributed by atoms with Crippen molar-refractivity contribution in [3.8, 4) is 0 Å². The van der Waals surface area contributed by atoms with Gasteiger partial charge in [-0.15, -0.1) is 0 Å². The van der Waals surface area contributed by atoms with Crippen molar-refractivity contribution in [3.63, 3.8) is 0 Å². The second kappa shape index (κ2) is 7.21. The summed E-state index contributed by atoms with van der Waals surface area (Å²) in [7, 11) is 0. The molecule has 2 aliphatic rings. The number of carbonyl (C=O) groups excluding carboxylic acids is 1. The van der Waals surface area contributed by atoms with Crippen LogP contribution in [0.25, 0.3) is 0 Å². The van der Waals surface area contributed by atoms with Crippen molar-refractivity contribution in [2.45, 2.75) is 24.9 Å². The molecule has 7 heteroatoms. The molecule has 6 nitrogen and oxygen atoms in total. The van der Waals surface area contributed by atoms with E-state index < -0.39 is 5.91 Å². The minimum absolute atomic E-state index is 0.307. The highest BCUT2D eigenvalue weighted by molar-refractivity contribution is 6.30. The molecule has 140 valence electrons. The van der Waals surface area contributed by atoms with E-state index in [1.165, 1.54) is 0 Å². The Bertz CT molecular complexity index is 907. The SMILES string of the molecule is NC(=O)c1ccc2c(c1)NC(=NCc1cccc(Cl)c1)C1(CCOCC1)N2. The van der Waals surface area contributed by atoms with E-state index in [0.717, 1.165) is 35.6 Å². The number of nitrogens with one attached hydrogen (secondary N) is 2. The van der Waals surface area contributed by atoms with Crippen molar-refractivity contribution in [1.82, 2.24) is 0 Å². The number of hydrogen-bond donors (Lipinski definition) is 3. The van der Waals surface area contributed by atoms with Gasteiger partial charge in [0.25, 0.3) is 0 Å². The lowest BCUT2D eigenvalue weighted by Gasteiger charge is -2.43. The Morgan fingerprint density at radius 1 is 1.19 bits per heavy atom. The number of benzene rings is 2. The Morgan fingerprint density at radius 3 is 2.74 bits per heavy atom. The number of halogens is 1. The van der Waals surface area contributed by atoms with Crippen LogP contribution in [0.2, 0.25) is 5.02 Å². The third-order valence-corrected chi connectivity index (χ3v) is 5.27. The maximum atomic E-state index is 11.5. The van der Waals surface area contributed by atoms with Gasteiger partial charge in [0.1, 0.15) is 5.84 Å². The van der Waals surface area contributed by atoms with E-state index in [-0.39, 0.29) is 5.54 Å². The molecule has 0 bridgehead atoms. The Balaban J connectivity index is 1.69. The molecule has 1 amide bonds. The summed E-state index contributed by atoms with van der Waals surface area (Å²) in [5, 5.41) is 7.75. The zero-order valence-electron chi connectivity index (χ0n) is 14.8. The van der Waals surface area contributed by atoms with Crippen LogP contribution in [-0.2, 0) is 11.3 Å². The highest BCUT2D eigenvalue weighted by Gasteiger charge is 2.41. The zero-order valence-corrected chi connectivity index (χ0v) is 15.6. The molecule has 0 radical (unpaired) electrons. The zero-order chi connectivity index (χ0) is 18.9. The van der Waals surface area contributed by atoms with E-state index in [4.69, 9.17) is 27.1 Å². The highest BCUT2D eigenvalue weighted by Crippen LogP contribution is 2.37. The number of amides is 1. The van der Waals surface area contributed by atoms with Crippen molar-refractivity contribution in [2.24, 2.45) is 10.7 Å². The first-order chi connectivity index (χ1) is 13.1. The number of primary amides is 1. The van der Waals surface area contributed by atoms with Gasteiger partial charge in [-0.3, -0.25) is 9.79 Å². The van der Waals surface area contributed by atoms with Crippen molar-refractivity contribution >= 4 is 34.7 Å². The van der Waals surface area contributed by atoms with Crippen LogP contribution >= 0.6 is 11.6 Å². The molecule has 27 heavy (non-hydrogen) atoms. The predicted molar refractivity (Wildman–Crippen MR) is 108 cm³/mol. The lowest BCUT2D eigenvalue weighted by Crippen LogP contribution is -2.55. The van der Waals surface area contributed by atoms with Crippen LogP contribution in [-0.4, -0.2) is 30.5 Å². The van der Waals surface area contributed by atoms with Crippen molar-refractivity contribution in [2.75, 3.05) is 23.8 Å². The minimum Gasteiger partial charge on any atom is -0.381 e. The Kier molecular flexibility index (Phi) is 4.76.